The minimum Gasteiger partial charge on any atom is -0.353 e. The highest BCUT2D eigenvalue weighted by Crippen LogP contribution is 2.22. The number of likely N-dealkylation sites (N-methyl/N-ethyl adjacent to an activating group) is 1. The van der Waals surface area contributed by atoms with Crippen LogP contribution < -0.4 is 4.72 Å². The number of nitrogens with one attached hydrogen (secondary N) is 1. The van der Waals surface area contributed by atoms with Gasteiger partial charge in [0.2, 0.25) is 10.0 Å². The molecule has 0 radical (unpaired) electrons. The summed E-state index contributed by atoms with van der Waals surface area (Å²) in [6.45, 7) is 6.33. The standard InChI is InChI=1S/C21H32N4O2S/c1-4-6-18-8-10-19(11-9-18)28(26,27)22-17-21(20-7-5-12-24(20)3)25-15-13-23(2)14-16-25/h5,7-12,21-22H,4,6,13-17H2,1-3H3. The molecular formula is C21H32N4O2S. The highest BCUT2D eigenvalue weighted by atomic mass is 32.2. The monoisotopic (exact) mass is 404 g/mol. The van der Waals surface area contributed by atoms with Gasteiger partial charge < -0.3 is 9.47 Å². The zero-order valence-corrected chi connectivity index (χ0v) is 18.0. The highest BCUT2D eigenvalue weighted by molar-refractivity contribution is 7.89. The van der Waals surface area contributed by atoms with E-state index < -0.39 is 10.0 Å². The molecule has 28 heavy (non-hydrogen) atoms. The molecule has 6 nitrogen and oxygen atoms in total. The molecule has 2 heterocycles. The summed E-state index contributed by atoms with van der Waals surface area (Å²) in [5.74, 6) is 0. The minimum atomic E-state index is -3.54. The van der Waals surface area contributed by atoms with Crippen LogP contribution in [-0.2, 0) is 23.5 Å². The number of sulfonamides is 1. The van der Waals surface area contributed by atoms with Crippen molar-refractivity contribution in [3.8, 4) is 0 Å². The van der Waals surface area contributed by atoms with Gasteiger partial charge in [-0.05, 0) is 43.3 Å². The fraction of sp³-hybridized carbons (Fsp3) is 0.524. The Hall–Kier alpha value is -1.67. The molecule has 1 aliphatic heterocycles. The van der Waals surface area contributed by atoms with Crippen molar-refractivity contribution in [3.05, 3.63) is 53.9 Å². The molecule has 0 bridgehead atoms. The van der Waals surface area contributed by atoms with Crippen molar-refractivity contribution in [2.75, 3.05) is 39.8 Å². The molecule has 1 saturated heterocycles. The Balaban J connectivity index is 1.74. The molecule has 7 heteroatoms. The number of piperazine rings is 1. The third-order valence-electron chi connectivity index (χ3n) is 5.54. The van der Waals surface area contributed by atoms with Gasteiger partial charge >= 0.3 is 0 Å². The second-order valence-electron chi connectivity index (χ2n) is 7.64. The SMILES string of the molecule is CCCc1ccc(S(=O)(=O)NCC(c2cccn2C)N2CCN(C)CC2)cc1. The van der Waals surface area contributed by atoms with Gasteiger partial charge in [-0.1, -0.05) is 25.5 Å². The Labute approximate surface area is 169 Å². The summed E-state index contributed by atoms with van der Waals surface area (Å²) in [5.41, 5.74) is 2.30. The average molecular weight is 405 g/mol. The van der Waals surface area contributed by atoms with Crippen LogP contribution >= 0.6 is 0 Å². The molecule has 0 amide bonds. The third-order valence-corrected chi connectivity index (χ3v) is 6.98. The van der Waals surface area contributed by atoms with Crippen LogP contribution in [0.25, 0.3) is 0 Å². The summed E-state index contributed by atoms with van der Waals surface area (Å²) in [6.07, 6.45) is 4.03. The van der Waals surface area contributed by atoms with Gasteiger partial charge in [-0.25, -0.2) is 13.1 Å². The van der Waals surface area contributed by atoms with E-state index in [1.54, 1.807) is 12.1 Å². The van der Waals surface area contributed by atoms with E-state index in [0.29, 0.717) is 11.4 Å². The van der Waals surface area contributed by atoms with Gasteiger partial charge in [-0.2, -0.15) is 0 Å². The lowest BCUT2D eigenvalue weighted by molar-refractivity contribution is 0.109. The predicted octanol–water partition coefficient (Wildman–Crippen LogP) is 2.24. The Kier molecular flexibility index (Phi) is 6.93. The number of hydrogen-bond acceptors (Lipinski definition) is 4. The van der Waals surface area contributed by atoms with Crippen LogP contribution in [0.3, 0.4) is 0 Å². The molecule has 0 spiro atoms. The predicted molar refractivity (Wildman–Crippen MR) is 113 cm³/mol. The van der Waals surface area contributed by atoms with Crippen LogP contribution in [0.4, 0.5) is 0 Å². The van der Waals surface area contributed by atoms with Gasteiger partial charge in [0.15, 0.2) is 0 Å². The molecule has 1 aliphatic rings. The Morgan fingerprint density at radius 2 is 1.71 bits per heavy atom. The molecule has 1 unspecified atom stereocenters. The van der Waals surface area contributed by atoms with Gasteiger partial charge in [0.05, 0.1) is 10.9 Å². The minimum absolute atomic E-state index is 0.0165. The van der Waals surface area contributed by atoms with Gasteiger partial charge in [0.25, 0.3) is 0 Å². The van der Waals surface area contributed by atoms with Gasteiger partial charge in [-0.3, -0.25) is 4.90 Å². The Morgan fingerprint density at radius 1 is 1.04 bits per heavy atom. The first-order valence-electron chi connectivity index (χ1n) is 10.0. The lowest BCUT2D eigenvalue weighted by atomic mass is 10.1. The first-order chi connectivity index (χ1) is 13.4. The van der Waals surface area contributed by atoms with Crippen LogP contribution in [0.5, 0.6) is 0 Å². The van der Waals surface area contributed by atoms with Crippen LogP contribution in [0.2, 0.25) is 0 Å². The van der Waals surface area contributed by atoms with Crippen molar-refractivity contribution >= 4 is 10.0 Å². The van der Waals surface area contributed by atoms with E-state index >= 15 is 0 Å². The molecule has 1 N–H and O–H groups in total. The van der Waals surface area contributed by atoms with E-state index in [4.69, 9.17) is 0 Å². The summed E-state index contributed by atoms with van der Waals surface area (Å²) in [5, 5.41) is 0. The van der Waals surface area contributed by atoms with E-state index in [1.807, 2.05) is 31.4 Å². The normalized spacial score (nSPS) is 17.7. The van der Waals surface area contributed by atoms with E-state index in [9.17, 15) is 8.42 Å². The fourth-order valence-corrected chi connectivity index (χ4v) is 4.81. The van der Waals surface area contributed by atoms with Gasteiger partial charge in [-0.15, -0.1) is 0 Å². The second-order valence-corrected chi connectivity index (χ2v) is 9.41. The quantitative estimate of drug-likeness (QED) is 0.733. The van der Waals surface area contributed by atoms with Crippen LogP contribution in [0.1, 0.15) is 30.6 Å². The molecular weight excluding hydrogens is 372 g/mol. The summed E-state index contributed by atoms with van der Waals surface area (Å²) < 4.78 is 30.6. The van der Waals surface area contributed by atoms with Crippen molar-refractivity contribution in [3.63, 3.8) is 0 Å². The van der Waals surface area contributed by atoms with Crippen LogP contribution in [0, 0.1) is 0 Å². The Morgan fingerprint density at radius 3 is 2.29 bits per heavy atom. The summed E-state index contributed by atoms with van der Waals surface area (Å²) >= 11 is 0. The third kappa shape index (κ3) is 5.03. The number of benzene rings is 1. The van der Waals surface area contributed by atoms with Crippen LogP contribution in [0.15, 0.2) is 47.5 Å². The Bertz CT molecular complexity index is 853. The molecule has 1 atom stereocenters. The number of rotatable bonds is 8. The molecule has 1 aromatic carbocycles. The summed E-state index contributed by atoms with van der Waals surface area (Å²) in [6, 6.07) is 11.3. The van der Waals surface area contributed by atoms with Crippen molar-refractivity contribution in [1.82, 2.24) is 19.1 Å². The highest BCUT2D eigenvalue weighted by Gasteiger charge is 2.27. The largest absolute Gasteiger partial charge is 0.353 e. The fourth-order valence-electron chi connectivity index (χ4n) is 3.77. The molecule has 2 aromatic rings. The van der Waals surface area contributed by atoms with Crippen molar-refractivity contribution in [1.29, 1.82) is 0 Å². The van der Waals surface area contributed by atoms with Gasteiger partial charge in [0.1, 0.15) is 0 Å². The molecule has 0 saturated carbocycles. The molecule has 154 valence electrons. The van der Waals surface area contributed by atoms with E-state index in [2.05, 4.69) is 39.1 Å². The number of aromatic nitrogens is 1. The van der Waals surface area contributed by atoms with Crippen molar-refractivity contribution < 1.29 is 8.42 Å². The van der Waals surface area contributed by atoms with Gasteiger partial charge in [0, 0.05) is 51.7 Å². The van der Waals surface area contributed by atoms with E-state index in [-0.39, 0.29) is 6.04 Å². The summed E-state index contributed by atoms with van der Waals surface area (Å²) in [7, 11) is 0.601. The lowest BCUT2D eigenvalue weighted by Gasteiger charge is -2.38. The number of hydrogen-bond donors (Lipinski definition) is 1. The lowest BCUT2D eigenvalue weighted by Crippen LogP contribution is -2.48. The van der Waals surface area contributed by atoms with Crippen molar-refractivity contribution in [2.24, 2.45) is 7.05 Å². The first-order valence-corrected chi connectivity index (χ1v) is 11.5. The zero-order chi connectivity index (χ0) is 20.1. The summed E-state index contributed by atoms with van der Waals surface area (Å²) in [4.78, 5) is 5.01. The number of aryl methyl sites for hydroxylation is 2. The average Bonchev–Trinajstić information content (AvgIpc) is 3.10. The van der Waals surface area contributed by atoms with Crippen molar-refractivity contribution in [2.45, 2.75) is 30.7 Å². The smallest absolute Gasteiger partial charge is 0.240 e. The van der Waals surface area contributed by atoms with E-state index in [0.717, 1.165) is 44.7 Å². The molecule has 0 aliphatic carbocycles. The molecule has 1 fully saturated rings. The maximum Gasteiger partial charge on any atom is 0.240 e. The maximum atomic E-state index is 12.9. The topological polar surface area (TPSA) is 57.6 Å². The van der Waals surface area contributed by atoms with Crippen LogP contribution in [-0.4, -0.2) is 62.6 Å². The van der Waals surface area contributed by atoms with E-state index in [1.165, 1.54) is 5.56 Å². The zero-order valence-electron chi connectivity index (χ0n) is 17.1. The molecule has 1 aromatic heterocycles. The molecule has 3 rings (SSSR count). The number of nitrogens with zero attached hydrogens (tertiary/aromatic N) is 3. The first kappa shape index (κ1) is 21.0. The maximum absolute atomic E-state index is 12.9. The second kappa shape index (κ2) is 9.22.